The van der Waals surface area contributed by atoms with Crippen LogP contribution in [-0.4, -0.2) is 69.2 Å². The van der Waals surface area contributed by atoms with E-state index in [4.69, 9.17) is 18.9 Å². The van der Waals surface area contributed by atoms with Gasteiger partial charge in [-0.3, -0.25) is 19.2 Å². The molecule has 0 saturated heterocycles. The van der Waals surface area contributed by atoms with Crippen molar-refractivity contribution in [1.29, 1.82) is 0 Å². The molecule has 2 N–H and O–H groups in total. The Morgan fingerprint density at radius 3 is 1.95 bits per heavy atom. The van der Waals surface area contributed by atoms with Crippen molar-refractivity contribution in [3.8, 4) is 0 Å². The summed E-state index contributed by atoms with van der Waals surface area (Å²) in [5.41, 5.74) is -6.63. The molecule has 4 aliphatic rings. The number of hydrogen-bond donors (Lipinski definition) is 2. The van der Waals surface area contributed by atoms with Crippen LogP contribution in [0.15, 0.2) is 12.2 Å². The number of esters is 4. The summed E-state index contributed by atoms with van der Waals surface area (Å²) in [7, 11) is 0. The van der Waals surface area contributed by atoms with Gasteiger partial charge in [0.05, 0.1) is 5.60 Å². The maximum absolute atomic E-state index is 12.6. The molecule has 0 heterocycles. The van der Waals surface area contributed by atoms with Gasteiger partial charge in [0.25, 0.3) is 0 Å². The van der Waals surface area contributed by atoms with Crippen molar-refractivity contribution in [3.63, 3.8) is 0 Å². The molecule has 10 nitrogen and oxygen atoms in total. The van der Waals surface area contributed by atoms with Gasteiger partial charge in [0.2, 0.25) is 0 Å². The van der Waals surface area contributed by atoms with Crippen LogP contribution in [0.1, 0.15) is 80.6 Å². The lowest BCUT2D eigenvalue weighted by Gasteiger charge is -2.52. The average Bonchev–Trinajstić information content (AvgIpc) is 3.02. The quantitative estimate of drug-likeness (QED) is 0.312. The lowest BCUT2D eigenvalue weighted by Crippen LogP contribution is -2.60. The fraction of sp³-hybridized carbons (Fsp3) is 0.786. The maximum atomic E-state index is 12.6. The minimum absolute atomic E-state index is 0.0867. The molecule has 4 aliphatic carbocycles. The van der Waals surface area contributed by atoms with Crippen molar-refractivity contribution in [1.82, 2.24) is 0 Å². The first-order chi connectivity index (χ1) is 17.4. The van der Waals surface area contributed by atoms with Crippen molar-refractivity contribution < 1.29 is 48.3 Å². The molecule has 2 bridgehead atoms. The smallest absolute Gasteiger partial charge is 0.303 e. The van der Waals surface area contributed by atoms with Gasteiger partial charge in [-0.15, -0.1) is 0 Å². The maximum Gasteiger partial charge on any atom is 0.303 e. The van der Waals surface area contributed by atoms with Gasteiger partial charge in [0.1, 0.15) is 29.5 Å². The SMILES string of the molecule is C=C1[C@@H]2C[C@H](OC(C)=O)C(C)(C)[C@@]2(O)[C@H](OC(C)=O)C[C@]23C[C@@](C)(OC(C)=O)[C@H](CC[C@@]12O)[C@H]3OC(C)=O. The Kier molecular flexibility index (Phi) is 6.59. The van der Waals surface area contributed by atoms with Crippen LogP contribution in [-0.2, 0) is 38.1 Å². The van der Waals surface area contributed by atoms with E-state index in [2.05, 4.69) is 6.58 Å². The van der Waals surface area contributed by atoms with E-state index in [1.807, 2.05) is 0 Å². The molecule has 0 aromatic rings. The third kappa shape index (κ3) is 3.73. The van der Waals surface area contributed by atoms with Gasteiger partial charge in [-0.2, -0.15) is 0 Å². The first kappa shape index (κ1) is 28.5. The number of rotatable bonds is 4. The lowest BCUT2D eigenvalue weighted by molar-refractivity contribution is -0.211. The second kappa shape index (κ2) is 8.78. The van der Waals surface area contributed by atoms with Gasteiger partial charge >= 0.3 is 23.9 Å². The molecule has 0 aromatic heterocycles. The van der Waals surface area contributed by atoms with E-state index in [1.165, 1.54) is 27.7 Å². The van der Waals surface area contributed by atoms with E-state index >= 15 is 0 Å². The summed E-state index contributed by atoms with van der Waals surface area (Å²) in [5.74, 6) is -3.48. The second-order valence-corrected chi connectivity index (χ2v) is 12.5. The van der Waals surface area contributed by atoms with Crippen molar-refractivity contribution >= 4 is 23.9 Å². The van der Waals surface area contributed by atoms with E-state index in [-0.39, 0.29) is 25.7 Å². The highest BCUT2D eigenvalue weighted by atomic mass is 16.6. The highest BCUT2D eigenvalue weighted by Crippen LogP contribution is 2.71. The van der Waals surface area contributed by atoms with Crippen molar-refractivity contribution in [3.05, 3.63) is 12.2 Å². The zero-order valence-electron chi connectivity index (χ0n) is 23.3. The Balaban J connectivity index is 1.95. The van der Waals surface area contributed by atoms with Gasteiger partial charge in [0, 0.05) is 50.4 Å². The first-order valence-electron chi connectivity index (χ1n) is 13.2. The standard InChI is InChI=1S/C28H40O10/c1-14-20-11-21(35-15(2)29)24(6,7)28(20,34)22(36-16(3)30)12-26-13-25(8,38-18(5)32)19(9-10-27(14,26)33)23(26)37-17(4)31/h19-23,33-34H,1,9-13H2,2-8H3/t19-,20+,21+,22-,23-,25-,26-,27-,28+/m1/s1. The predicted molar refractivity (Wildman–Crippen MR) is 132 cm³/mol. The van der Waals surface area contributed by atoms with E-state index < -0.39 is 81.7 Å². The Hall–Kier alpha value is -2.46. The van der Waals surface area contributed by atoms with Crippen LogP contribution in [0.3, 0.4) is 0 Å². The molecule has 4 rings (SSSR count). The third-order valence-corrected chi connectivity index (χ3v) is 10.1. The van der Waals surface area contributed by atoms with Gasteiger partial charge < -0.3 is 29.2 Å². The molecule has 38 heavy (non-hydrogen) atoms. The molecule has 0 amide bonds. The minimum Gasteiger partial charge on any atom is -0.462 e. The van der Waals surface area contributed by atoms with Crippen molar-refractivity contribution in [2.24, 2.45) is 22.7 Å². The molecule has 0 unspecified atom stereocenters. The normalized spacial score (nSPS) is 44.8. The zero-order valence-corrected chi connectivity index (χ0v) is 23.3. The monoisotopic (exact) mass is 536 g/mol. The number of ether oxygens (including phenoxy) is 4. The van der Waals surface area contributed by atoms with E-state index in [0.29, 0.717) is 12.0 Å². The minimum atomic E-state index is -1.78. The van der Waals surface area contributed by atoms with Crippen LogP contribution in [0.4, 0.5) is 0 Å². The molecule has 212 valence electrons. The molecule has 4 fully saturated rings. The van der Waals surface area contributed by atoms with Gasteiger partial charge in [-0.25, -0.2) is 0 Å². The van der Waals surface area contributed by atoms with E-state index in [1.54, 1.807) is 20.8 Å². The van der Waals surface area contributed by atoms with Crippen LogP contribution in [0, 0.1) is 22.7 Å². The molecule has 4 saturated carbocycles. The number of fused-ring (bicyclic) bond motifs is 2. The largest absolute Gasteiger partial charge is 0.462 e. The molecule has 0 radical (unpaired) electrons. The highest BCUT2D eigenvalue weighted by Gasteiger charge is 2.79. The van der Waals surface area contributed by atoms with Crippen LogP contribution >= 0.6 is 0 Å². The summed E-state index contributed by atoms with van der Waals surface area (Å²) in [6.07, 6.45) is -2.07. The number of hydrogen-bond acceptors (Lipinski definition) is 10. The Morgan fingerprint density at radius 1 is 0.868 bits per heavy atom. The molecular weight excluding hydrogens is 496 g/mol. The summed E-state index contributed by atoms with van der Waals surface area (Å²) in [6, 6.07) is 0. The van der Waals surface area contributed by atoms with Gasteiger partial charge in [0.15, 0.2) is 0 Å². The van der Waals surface area contributed by atoms with Crippen molar-refractivity contribution in [2.75, 3.05) is 0 Å². The Morgan fingerprint density at radius 2 is 1.42 bits per heavy atom. The molecule has 0 aliphatic heterocycles. The summed E-state index contributed by atoms with van der Waals surface area (Å²) in [4.78, 5) is 48.9. The summed E-state index contributed by atoms with van der Waals surface area (Å²) < 4.78 is 23.2. The summed E-state index contributed by atoms with van der Waals surface area (Å²) in [6.45, 7) is 14.7. The number of aliphatic hydroxyl groups is 2. The fourth-order valence-electron chi connectivity index (χ4n) is 8.61. The third-order valence-electron chi connectivity index (χ3n) is 10.1. The van der Waals surface area contributed by atoms with Crippen LogP contribution in [0.25, 0.3) is 0 Å². The lowest BCUT2D eigenvalue weighted by atomic mass is 9.58. The number of carbonyl (C=O) groups excluding carboxylic acids is 4. The second-order valence-electron chi connectivity index (χ2n) is 12.5. The fourth-order valence-corrected chi connectivity index (χ4v) is 8.61. The zero-order chi connectivity index (χ0) is 28.6. The molecule has 0 aromatic carbocycles. The topological polar surface area (TPSA) is 146 Å². The number of carbonyl (C=O) groups is 4. The Bertz CT molecular complexity index is 1080. The van der Waals surface area contributed by atoms with Crippen LogP contribution < -0.4 is 0 Å². The molecule has 1 spiro atoms. The van der Waals surface area contributed by atoms with E-state index in [9.17, 15) is 29.4 Å². The van der Waals surface area contributed by atoms with E-state index in [0.717, 1.165) is 0 Å². The van der Waals surface area contributed by atoms with Crippen molar-refractivity contribution in [2.45, 2.75) is 116 Å². The van der Waals surface area contributed by atoms with Crippen LogP contribution in [0.2, 0.25) is 0 Å². The van der Waals surface area contributed by atoms with Crippen LogP contribution in [0.5, 0.6) is 0 Å². The summed E-state index contributed by atoms with van der Waals surface area (Å²) in [5, 5.41) is 25.2. The van der Waals surface area contributed by atoms with Gasteiger partial charge in [-0.05, 0) is 44.6 Å². The molecule has 9 atom stereocenters. The first-order valence-corrected chi connectivity index (χ1v) is 13.2. The molecule has 10 heteroatoms. The highest BCUT2D eigenvalue weighted by molar-refractivity contribution is 5.68. The Labute approximate surface area is 223 Å². The average molecular weight is 537 g/mol. The molecular formula is C28H40O10. The summed E-state index contributed by atoms with van der Waals surface area (Å²) >= 11 is 0. The van der Waals surface area contributed by atoms with Gasteiger partial charge in [-0.1, -0.05) is 20.4 Å². The predicted octanol–water partition coefficient (Wildman–Crippen LogP) is 2.37.